The van der Waals surface area contributed by atoms with Crippen molar-refractivity contribution in [2.24, 2.45) is 0 Å². The average molecular weight is 487 g/mol. The van der Waals surface area contributed by atoms with Gasteiger partial charge in [-0.1, -0.05) is 66.7 Å². The normalized spacial score (nSPS) is 12.1. The molecule has 0 saturated carbocycles. The Morgan fingerprint density at radius 3 is 2.03 bits per heavy atom. The first-order valence-corrected chi connectivity index (χ1v) is 12.8. The highest BCUT2D eigenvalue weighted by Crippen LogP contribution is 2.46. The van der Waals surface area contributed by atoms with E-state index in [4.69, 9.17) is 4.98 Å². The zero-order valence-electron chi connectivity index (χ0n) is 20.5. The molecule has 178 valence electrons. The Morgan fingerprint density at radius 1 is 0.605 bits per heavy atom. The third kappa shape index (κ3) is 3.14. The monoisotopic (exact) mass is 486 g/mol. The standard InChI is InChI=1S/C34H22N4/c1-3-11-25-22(9-1)15-16-32-33(25)27-19-23-10-2-4-12-26(23)34(27)38(32)24-20-30(28-13-5-7-17-35-28)37-31(21-24)29-14-6-8-18-36-29/h1-18,20-21H,19H2. The molecule has 7 aromatic rings. The van der Waals surface area contributed by atoms with Crippen molar-refractivity contribution in [1.82, 2.24) is 19.5 Å². The van der Waals surface area contributed by atoms with Crippen LogP contribution in [0.25, 0.3) is 61.4 Å². The van der Waals surface area contributed by atoms with Crippen LogP contribution in [0.5, 0.6) is 0 Å². The number of fused-ring (bicyclic) bond motifs is 7. The SMILES string of the molecule is c1ccc(-c2cc(-n3c4c(c5c6ccccc6ccc53)Cc3ccccc3-4)cc(-c3ccccn3)n2)nc1. The van der Waals surface area contributed by atoms with Crippen molar-refractivity contribution in [3.8, 4) is 39.7 Å². The van der Waals surface area contributed by atoms with E-state index in [1.54, 1.807) is 0 Å². The van der Waals surface area contributed by atoms with Gasteiger partial charge in [-0.15, -0.1) is 0 Å². The molecule has 0 atom stereocenters. The van der Waals surface area contributed by atoms with E-state index in [9.17, 15) is 0 Å². The first-order valence-electron chi connectivity index (χ1n) is 12.8. The largest absolute Gasteiger partial charge is 0.309 e. The van der Waals surface area contributed by atoms with Gasteiger partial charge in [-0.25, -0.2) is 4.98 Å². The minimum absolute atomic E-state index is 0.825. The Kier molecular flexibility index (Phi) is 4.55. The van der Waals surface area contributed by atoms with Crippen molar-refractivity contribution in [1.29, 1.82) is 0 Å². The van der Waals surface area contributed by atoms with Gasteiger partial charge in [-0.05, 0) is 64.4 Å². The molecule has 4 nitrogen and oxygen atoms in total. The van der Waals surface area contributed by atoms with Crippen molar-refractivity contribution < 1.29 is 0 Å². The summed E-state index contributed by atoms with van der Waals surface area (Å²) < 4.78 is 2.42. The van der Waals surface area contributed by atoms with Gasteiger partial charge in [0, 0.05) is 29.8 Å². The number of hydrogen-bond donors (Lipinski definition) is 0. The lowest BCUT2D eigenvalue weighted by atomic mass is 10.0. The Labute approximate surface area is 219 Å². The van der Waals surface area contributed by atoms with Crippen molar-refractivity contribution in [2.45, 2.75) is 6.42 Å². The highest BCUT2D eigenvalue weighted by atomic mass is 15.0. The molecule has 0 radical (unpaired) electrons. The Morgan fingerprint density at radius 2 is 1.29 bits per heavy atom. The summed E-state index contributed by atoms with van der Waals surface area (Å²) in [4.78, 5) is 14.3. The van der Waals surface area contributed by atoms with E-state index in [1.807, 2.05) is 48.8 Å². The summed E-state index contributed by atoms with van der Waals surface area (Å²) in [5.74, 6) is 0. The zero-order chi connectivity index (χ0) is 25.1. The number of aromatic nitrogens is 4. The molecule has 0 bridgehead atoms. The predicted octanol–water partition coefficient (Wildman–Crippen LogP) is 7.87. The molecular formula is C34H22N4. The van der Waals surface area contributed by atoms with E-state index in [2.05, 4.69) is 87.3 Å². The Hall–Kier alpha value is -5.09. The summed E-state index contributed by atoms with van der Waals surface area (Å²) in [5, 5.41) is 3.87. The van der Waals surface area contributed by atoms with Gasteiger partial charge in [0.25, 0.3) is 0 Å². The molecule has 1 aliphatic carbocycles. The number of hydrogen-bond acceptors (Lipinski definition) is 3. The number of rotatable bonds is 3. The quantitative estimate of drug-likeness (QED) is 0.255. The molecule has 4 aromatic heterocycles. The highest BCUT2D eigenvalue weighted by molar-refractivity contribution is 6.12. The first kappa shape index (κ1) is 21.0. The van der Waals surface area contributed by atoms with Crippen molar-refractivity contribution in [3.63, 3.8) is 0 Å². The lowest BCUT2D eigenvalue weighted by Gasteiger charge is -2.15. The Balaban J connectivity index is 1.50. The minimum Gasteiger partial charge on any atom is -0.309 e. The van der Waals surface area contributed by atoms with Gasteiger partial charge in [0.15, 0.2) is 0 Å². The summed E-state index contributed by atoms with van der Waals surface area (Å²) in [5.41, 5.74) is 10.9. The molecule has 0 spiro atoms. The minimum atomic E-state index is 0.825. The lowest BCUT2D eigenvalue weighted by Crippen LogP contribution is -2.01. The number of nitrogens with zero attached hydrogens (tertiary/aromatic N) is 4. The van der Waals surface area contributed by atoms with Crippen LogP contribution in [0.1, 0.15) is 11.1 Å². The first-order chi connectivity index (χ1) is 18.8. The molecule has 0 amide bonds. The topological polar surface area (TPSA) is 43.6 Å². The van der Waals surface area contributed by atoms with E-state index in [-0.39, 0.29) is 0 Å². The number of pyridine rings is 3. The van der Waals surface area contributed by atoms with Crippen LogP contribution in [0.4, 0.5) is 0 Å². The summed E-state index contributed by atoms with van der Waals surface area (Å²) in [6, 6.07) is 38.2. The molecule has 0 unspecified atom stereocenters. The fraction of sp³-hybridized carbons (Fsp3) is 0.0294. The lowest BCUT2D eigenvalue weighted by molar-refractivity contribution is 1.11. The van der Waals surface area contributed by atoms with E-state index in [1.165, 1.54) is 44.1 Å². The molecule has 0 aliphatic heterocycles. The van der Waals surface area contributed by atoms with Crippen LogP contribution >= 0.6 is 0 Å². The van der Waals surface area contributed by atoms with Gasteiger partial charge in [-0.2, -0.15) is 0 Å². The molecule has 1 aliphatic rings. The van der Waals surface area contributed by atoms with E-state index >= 15 is 0 Å². The summed E-state index contributed by atoms with van der Waals surface area (Å²) in [7, 11) is 0. The second kappa shape index (κ2) is 8.22. The molecule has 4 heterocycles. The van der Waals surface area contributed by atoms with Crippen LogP contribution in [-0.2, 0) is 6.42 Å². The maximum atomic E-state index is 5.01. The third-order valence-corrected chi connectivity index (χ3v) is 7.52. The van der Waals surface area contributed by atoms with Crippen LogP contribution in [-0.4, -0.2) is 19.5 Å². The smallest absolute Gasteiger partial charge is 0.0915 e. The van der Waals surface area contributed by atoms with Crippen LogP contribution in [0, 0.1) is 0 Å². The molecule has 0 fully saturated rings. The van der Waals surface area contributed by atoms with Gasteiger partial charge in [0.1, 0.15) is 0 Å². The molecule has 3 aromatic carbocycles. The fourth-order valence-electron chi connectivity index (χ4n) is 5.89. The molecule has 0 N–H and O–H groups in total. The maximum Gasteiger partial charge on any atom is 0.0915 e. The van der Waals surface area contributed by atoms with Crippen LogP contribution in [0.3, 0.4) is 0 Å². The van der Waals surface area contributed by atoms with E-state index in [0.29, 0.717) is 0 Å². The summed E-state index contributed by atoms with van der Waals surface area (Å²) in [6.07, 6.45) is 4.55. The maximum absolute atomic E-state index is 5.01. The second-order valence-corrected chi connectivity index (χ2v) is 9.70. The van der Waals surface area contributed by atoms with Crippen LogP contribution in [0.2, 0.25) is 0 Å². The van der Waals surface area contributed by atoms with E-state index < -0.39 is 0 Å². The molecule has 38 heavy (non-hydrogen) atoms. The molecule has 0 saturated heterocycles. The second-order valence-electron chi connectivity index (χ2n) is 9.70. The molecular weight excluding hydrogens is 464 g/mol. The van der Waals surface area contributed by atoms with Crippen molar-refractivity contribution >= 4 is 21.7 Å². The van der Waals surface area contributed by atoms with Crippen LogP contribution < -0.4 is 0 Å². The average Bonchev–Trinajstić information content (AvgIpc) is 3.52. The van der Waals surface area contributed by atoms with Gasteiger partial charge in [0.2, 0.25) is 0 Å². The zero-order valence-corrected chi connectivity index (χ0v) is 20.5. The summed E-state index contributed by atoms with van der Waals surface area (Å²) >= 11 is 0. The third-order valence-electron chi connectivity index (χ3n) is 7.52. The van der Waals surface area contributed by atoms with Gasteiger partial charge in [0.05, 0.1) is 39.7 Å². The summed E-state index contributed by atoms with van der Waals surface area (Å²) in [6.45, 7) is 0. The molecule has 8 rings (SSSR count). The van der Waals surface area contributed by atoms with Crippen molar-refractivity contribution in [3.05, 3.63) is 133 Å². The highest BCUT2D eigenvalue weighted by Gasteiger charge is 2.28. The van der Waals surface area contributed by atoms with Crippen LogP contribution in [0.15, 0.2) is 122 Å². The molecule has 4 heteroatoms. The fourth-order valence-corrected chi connectivity index (χ4v) is 5.89. The van der Waals surface area contributed by atoms with Gasteiger partial charge < -0.3 is 4.57 Å². The van der Waals surface area contributed by atoms with E-state index in [0.717, 1.165) is 34.9 Å². The van der Waals surface area contributed by atoms with Gasteiger partial charge >= 0.3 is 0 Å². The van der Waals surface area contributed by atoms with Gasteiger partial charge in [-0.3, -0.25) is 9.97 Å². The predicted molar refractivity (Wildman–Crippen MR) is 153 cm³/mol. The number of benzene rings is 3. The Bertz CT molecular complexity index is 1930. The van der Waals surface area contributed by atoms with Crippen molar-refractivity contribution in [2.75, 3.05) is 0 Å².